The SMILES string of the molecule is C[C@H]([C@H](C(=O)Nc1cc([C@@H](CC(=O)OC(C)(C)C)C(F)(F)F)ccc1Cl)C1C=CC(Cl)=CC1)C(F)(F)F. The lowest BCUT2D eigenvalue weighted by molar-refractivity contribution is -0.188. The van der Waals surface area contributed by atoms with Gasteiger partial charge in [-0.05, 0) is 56.9 Å². The first kappa shape index (κ1) is 31.0. The average molecular weight is 574 g/mol. The van der Waals surface area contributed by atoms with Crippen molar-refractivity contribution >= 4 is 40.8 Å². The molecular weight excluding hydrogens is 547 g/mol. The summed E-state index contributed by atoms with van der Waals surface area (Å²) in [6, 6.07) is 3.02. The van der Waals surface area contributed by atoms with Crippen molar-refractivity contribution in [1.82, 2.24) is 0 Å². The Balaban J connectivity index is 2.39. The molecule has 37 heavy (non-hydrogen) atoms. The van der Waals surface area contributed by atoms with E-state index in [9.17, 15) is 35.9 Å². The summed E-state index contributed by atoms with van der Waals surface area (Å²) in [5.41, 5.74) is -1.73. The van der Waals surface area contributed by atoms with E-state index in [-0.39, 0.29) is 17.1 Å². The standard InChI is InChI=1S/C25H27Cl2F6NO3/c1-13(24(28,29)30)21(14-5-8-16(26)9-6-14)22(36)34-19-11-15(7-10-18(19)27)17(25(31,32)33)12-20(35)37-23(2,3)4/h5,7-11,13-14,17,21H,6,12H2,1-4H3,(H,34,36)/t13-,14?,17-,21+/m1/s1. The summed E-state index contributed by atoms with van der Waals surface area (Å²) in [5, 5.41) is 2.40. The minimum absolute atomic E-state index is 0.0631. The second-order valence-electron chi connectivity index (χ2n) is 9.82. The van der Waals surface area contributed by atoms with Crippen molar-refractivity contribution in [2.75, 3.05) is 5.32 Å². The first-order chi connectivity index (χ1) is 16.8. The first-order valence-electron chi connectivity index (χ1n) is 11.3. The van der Waals surface area contributed by atoms with Crippen LogP contribution in [0.15, 0.2) is 41.5 Å². The second-order valence-corrected chi connectivity index (χ2v) is 10.7. The van der Waals surface area contributed by atoms with Crippen LogP contribution in [0, 0.1) is 17.8 Å². The average Bonchev–Trinajstić information content (AvgIpc) is 2.72. The molecule has 0 bridgehead atoms. The minimum Gasteiger partial charge on any atom is -0.460 e. The van der Waals surface area contributed by atoms with Gasteiger partial charge in [0, 0.05) is 5.03 Å². The minimum atomic E-state index is -4.86. The second kappa shape index (κ2) is 11.7. The third-order valence-electron chi connectivity index (χ3n) is 5.74. The molecule has 1 N–H and O–H groups in total. The number of rotatable bonds is 7. The molecule has 0 spiro atoms. The summed E-state index contributed by atoms with van der Waals surface area (Å²) in [6.07, 6.45) is -6.30. The zero-order valence-corrected chi connectivity index (χ0v) is 21.9. The molecule has 0 aliphatic heterocycles. The Kier molecular flexibility index (Phi) is 9.79. The molecule has 4 atom stereocenters. The Bertz CT molecular complexity index is 1060. The van der Waals surface area contributed by atoms with Gasteiger partial charge in [0.2, 0.25) is 5.91 Å². The van der Waals surface area contributed by atoms with Crippen molar-refractivity contribution in [1.29, 1.82) is 0 Å². The van der Waals surface area contributed by atoms with Crippen molar-refractivity contribution in [3.63, 3.8) is 0 Å². The van der Waals surface area contributed by atoms with Crippen molar-refractivity contribution in [3.8, 4) is 0 Å². The number of anilines is 1. The number of benzene rings is 1. The summed E-state index contributed by atoms with van der Waals surface area (Å²) in [6.45, 7) is 5.38. The van der Waals surface area contributed by atoms with E-state index >= 15 is 0 Å². The molecule has 1 aliphatic carbocycles. The molecule has 0 saturated heterocycles. The van der Waals surface area contributed by atoms with Gasteiger partial charge in [-0.2, -0.15) is 26.3 Å². The summed E-state index contributed by atoms with van der Waals surface area (Å²) in [4.78, 5) is 25.2. The number of carbonyl (C=O) groups is 2. The lowest BCUT2D eigenvalue weighted by Gasteiger charge is -2.31. The molecule has 4 nitrogen and oxygen atoms in total. The summed E-state index contributed by atoms with van der Waals surface area (Å²) in [5.74, 6) is -9.02. The van der Waals surface area contributed by atoms with Crippen LogP contribution in [0.3, 0.4) is 0 Å². The van der Waals surface area contributed by atoms with Crippen LogP contribution in [-0.2, 0) is 14.3 Å². The predicted octanol–water partition coefficient (Wildman–Crippen LogP) is 8.17. The number of amides is 1. The van der Waals surface area contributed by atoms with Crippen LogP contribution < -0.4 is 5.32 Å². The van der Waals surface area contributed by atoms with Crippen molar-refractivity contribution in [3.05, 3.63) is 52.0 Å². The van der Waals surface area contributed by atoms with E-state index in [1.54, 1.807) is 0 Å². The van der Waals surface area contributed by atoms with Crippen LogP contribution in [-0.4, -0.2) is 29.8 Å². The summed E-state index contributed by atoms with van der Waals surface area (Å²) < 4.78 is 87.4. The Morgan fingerprint density at radius 2 is 1.70 bits per heavy atom. The molecule has 1 aliphatic rings. The Morgan fingerprint density at radius 1 is 1.08 bits per heavy atom. The number of esters is 1. The molecule has 12 heteroatoms. The number of halogens is 8. The lowest BCUT2D eigenvalue weighted by Crippen LogP contribution is -2.40. The van der Waals surface area contributed by atoms with Crippen LogP contribution in [0.4, 0.5) is 32.0 Å². The number of hydrogen-bond acceptors (Lipinski definition) is 3. The van der Waals surface area contributed by atoms with Gasteiger partial charge < -0.3 is 10.1 Å². The van der Waals surface area contributed by atoms with Gasteiger partial charge in [0.05, 0.1) is 34.9 Å². The highest BCUT2D eigenvalue weighted by molar-refractivity contribution is 6.33. The topological polar surface area (TPSA) is 55.4 Å². The Hall–Kier alpha value is -2.20. The van der Waals surface area contributed by atoms with E-state index in [1.165, 1.54) is 39.0 Å². The van der Waals surface area contributed by atoms with E-state index < -0.39 is 65.5 Å². The van der Waals surface area contributed by atoms with Gasteiger partial charge in [0.1, 0.15) is 5.60 Å². The van der Waals surface area contributed by atoms with Gasteiger partial charge in [-0.1, -0.05) is 48.3 Å². The zero-order valence-electron chi connectivity index (χ0n) is 20.4. The first-order valence-corrected chi connectivity index (χ1v) is 12.0. The maximum atomic E-state index is 13.9. The van der Waals surface area contributed by atoms with Crippen LogP contribution in [0.1, 0.15) is 52.0 Å². The molecule has 1 amide bonds. The normalized spacial score (nSPS) is 19.0. The highest BCUT2D eigenvalue weighted by Crippen LogP contribution is 2.42. The van der Waals surface area contributed by atoms with Crippen LogP contribution >= 0.6 is 23.2 Å². The number of nitrogens with one attached hydrogen (secondary N) is 1. The van der Waals surface area contributed by atoms with E-state index in [4.69, 9.17) is 27.9 Å². The molecule has 0 radical (unpaired) electrons. The van der Waals surface area contributed by atoms with Crippen LogP contribution in [0.5, 0.6) is 0 Å². The summed E-state index contributed by atoms with van der Waals surface area (Å²) >= 11 is 11.9. The highest BCUT2D eigenvalue weighted by Gasteiger charge is 2.47. The fraction of sp³-hybridized carbons (Fsp3) is 0.520. The third-order valence-corrected chi connectivity index (χ3v) is 6.35. The molecule has 0 fully saturated rings. The Labute approximate surface area is 221 Å². The third kappa shape index (κ3) is 8.95. The van der Waals surface area contributed by atoms with E-state index in [0.717, 1.165) is 25.1 Å². The molecule has 0 aromatic heterocycles. The molecule has 0 heterocycles. The molecule has 2 rings (SSSR count). The van der Waals surface area contributed by atoms with Crippen molar-refractivity contribution in [2.24, 2.45) is 17.8 Å². The lowest BCUT2D eigenvalue weighted by atomic mass is 9.78. The monoisotopic (exact) mass is 573 g/mol. The van der Waals surface area contributed by atoms with Crippen molar-refractivity contribution in [2.45, 2.75) is 64.4 Å². The van der Waals surface area contributed by atoms with Crippen molar-refractivity contribution < 1.29 is 40.7 Å². The maximum absolute atomic E-state index is 13.9. The summed E-state index contributed by atoms with van der Waals surface area (Å²) in [7, 11) is 0. The predicted molar refractivity (Wildman–Crippen MR) is 129 cm³/mol. The quantitative estimate of drug-likeness (QED) is 0.264. The molecular formula is C25H27Cl2F6NO3. The molecule has 0 saturated carbocycles. The Morgan fingerprint density at radius 3 is 2.19 bits per heavy atom. The largest absolute Gasteiger partial charge is 0.460 e. The van der Waals surface area contributed by atoms with Crippen LogP contribution in [0.25, 0.3) is 0 Å². The smallest absolute Gasteiger partial charge is 0.396 e. The zero-order chi connectivity index (χ0) is 28.3. The van der Waals surface area contributed by atoms with E-state index in [2.05, 4.69) is 5.32 Å². The molecule has 1 aromatic rings. The number of hydrogen-bond donors (Lipinski definition) is 1. The van der Waals surface area contributed by atoms with Gasteiger partial charge >= 0.3 is 18.3 Å². The van der Waals surface area contributed by atoms with Gasteiger partial charge in [-0.15, -0.1) is 0 Å². The number of carbonyl (C=O) groups excluding carboxylic acids is 2. The van der Waals surface area contributed by atoms with Gasteiger partial charge in [0.15, 0.2) is 0 Å². The van der Waals surface area contributed by atoms with Gasteiger partial charge in [-0.3, -0.25) is 9.59 Å². The fourth-order valence-electron chi connectivity index (χ4n) is 3.92. The molecule has 1 aromatic carbocycles. The van der Waals surface area contributed by atoms with Gasteiger partial charge in [-0.25, -0.2) is 0 Å². The number of alkyl halides is 6. The van der Waals surface area contributed by atoms with E-state index in [1.807, 2.05) is 0 Å². The number of allylic oxidation sites excluding steroid dienone is 4. The fourth-order valence-corrected chi connectivity index (χ4v) is 4.24. The maximum Gasteiger partial charge on any atom is 0.396 e. The molecule has 206 valence electrons. The number of ether oxygens (including phenoxy) is 1. The molecule has 1 unspecified atom stereocenters. The van der Waals surface area contributed by atoms with E-state index in [0.29, 0.717) is 5.03 Å². The van der Waals surface area contributed by atoms with Gasteiger partial charge in [0.25, 0.3) is 0 Å². The highest BCUT2D eigenvalue weighted by atomic mass is 35.5. The van der Waals surface area contributed by atoms with Crippen LogP contribution in [0.2, 0.25) is 5.02 Å².